The van der Waals surface area contributed by atoms with E-state index in [-0.39, 0.29) is 11.8 Å². The van der Waals surface area contributed by atoms with Gasteiger partial charge in [0.1, 0.15) is 18.2 Å². The average molecular weight is 409 g/mol. The number of anilines is 1. The molecule has 4 nitrogen and oxygen atoms in total. The molecule has 2 amide bonds. The van der Waals surface area contributed by atoms with Gasteiger partial charge in [0.05, 0.1) is 0 Å². The zero-order valence-electron chi connectivity index (χ0n) is 14.6. The molecule has 6 heteroatoms. The highest BCUT2D eigenvalue weighted by Gasteiger charge is 2.16. The van der Waals surface area contributed by atoms with Crippen molar-refractivity contribution < 1.29 is 13.9 Å². The standard InChI is InChI=1S/C19H22BrFN2O2/c1-4-23(5-2)19(24)22(3)17-8-6-14(7-9-17)13-25-18-11-15(20)10-16(21)12-18/h6-12H,4-5,13H2,1-3H3. The van der Waals surface area contributed by atoms with E-state index >= 15 is 0 Å². The summed E-state index contributed by atoms with van der Waals surface area (Å²) in [6.45, 7) is 5.59. The highest BCUT2D eigenvalue weighted by Crippen LogP contribution is 2.22. The van der Waals surface area contributed by atoms with E-state index in [9.17, 15) is 9.18 Å². The van der Waals surface area contributed by atoms with Gasteiger partial charge in [0.2, 0.25) is 0 Å². The molecule has 0 heterocycles. The van der Waals surface area contributed by atoms with Crippen LogP contribution in [0, 0.1) is 5.82 Å². The van der Waals surface area contributed by atoms with Crippen LogP contribution in [-0.4, -0.2) is 31.1 Å². The summed E-state index contributed by atoms with van der Waals surface area (Å²) in [6, 6.07) is 12.0. The Morgan fingerprint density at radius 2 is 1.76 bits per heavy atom. The summed E-state index contributed by atoms with van der Waals surface area (Å²) in [7, 11) is 1.76. The van der Waals surface area contributed by atoms with Crippen LogP contribution in [-0.2, 0) is 6.61 Å². The molecular formula is C19H22BrFN2O2. The van der Waals surface area contributed by atoms with E-state index in [1.807, 2.05) is 38.1 Å². The first-order valence-electron chi connectivity index (χ1n) is 8.15. The SMILES string of the molecule is CCN(CC)C(=O)N(C)c1ccc(COc2cc(F)cc(Br)c2)cc1. The number of carbonyl (C=O) groups excluding carboxylic acids is 1. The third-order valence-electron chi connectivity index (χ3n) is 3.89. The number of urea groups is 1. The van der Waals surface area contributed by atoms with Crippen molar-refractivity contribution in [3.8, 4) is 5.75 Å². The average Bonchev–Trinajstić information content (AvgIpc) is 2.60. The van der Waals surface area contributed by atoms with Gasteiger partial charge in [-0.2, -0.15) is 0 Å². The van der Waals surface area contributed by atoms with Gasteiger partial charge in [0.25, 0.3) is 0 Å². The van der Waals surface area contributed by atoms with E-state index in [0.717, 1.165) is 11.3 Å². The Labute approximate surface area is 156 Å². The lowest BCUT2D eigenvalue weighted by Gasteiger charge is -2.26. The van der Waals surface area contributed by atoms with Crippen molar-refractivity contribution in [2.24, 2.45) is 0 Å². The van der Waals surface area contributed by atoms with Gasteiger partial charge < -0.3 is 9.64 Å². The van der Waals surface area contributed by atoms with Crippen LogP contribution in [0.15, 0.2) is 46.9 Å². The van der Waals surface area contributed by atoms with Crippen molar-refractivity contribution in [3.63, 3.8) is 0 Å². The Kier molecular flexibility index (Phi) is 6.82. The topological polar surface area (TPSA) is 32.8 Å². The summed E-state index contributed by atoms with van der Waals surface area (Å²) < 4.78 is 19.6. The van der Waals surface area contributed by atoms with Gasteiger partial charge in [0.15, 0.2) is 0 Å². The van der Waals surface area contributed by atoms with Crippen LogP contribution in [0.2, 0.25) is 0 Å². The minimum absolute atomic E-state index is 0.0291. The monoisotopic (exact) mass is 408 g/mol. The first-order chi connectivity index (χ1) is 11.9. The van der Waals surface area contributed by atoms with Crippen molar-refractivity contribution in [1.29, 1.82) is 0 Å². The molecular weight excluding hydrogens is 387 g/mol. The predicted molar refractivity (Wildman–Crippen MR) is 102 cm³/mol. The Hall–Kier alpha value is -2.08. The van der Waals surface area contributed by atoms with Gasteiger partial charge in [-0.1, -0.05) is 28.1 Å². The van der Waals surface area contributed by atoms with Gasteiger partial charge in [-0.25, -0.2) is 9.18 Å². The molecule has 2 aromatic rings. The normalized spacial score (nSPS) is 10.4. The van der Waals surface area contributed by atoms with E-state index in [1.54, 1.807) is 22.9 Å². The molecule has 0 N–H and O–H groups in total. The molecule has 0 spiro atoms. The summed E-state index contributed by atoms with van der Waals surface area (Å²) in [4.78, 5) is 15.7. The number of rotatable bonds is 6. The molecule has 25 heavy (non-hydrogen) atoms. The molecule has 2 rings (SSSR count). The van der Waals surface area contributed by atoms with Crippen molar-refractivity contribution in [1.82, 2.24) is 4.90 Å². The Morgan fingerprint density at radius 1 is 1.12 bits per heavy atom. The molecule has 0 aromatic heterocycles. The van der Waals surface area contributed by atoms with Crippen LogP contribution in [0.5, 0.6) is 5.75 Å². The number of nitrogens with zero attached hydrogens (tertiary/aromatic N) is 2. The maximum Gasteiger partial charge on any atom is 0.324 e. The minimum Gasteiger partial charge on any atom is -0.489 e. The van der Waals surface area contributed by atoms with Gasteiger partial charge >= 0.3 is 6.03 Å². The molecule has 0 atom stereocenters. The van der Waals surface area contributed by atoms with Crippen molar-refractivity contribution >= 4 is 27.6 Å². The number of ether oxygens (including phenoxy) is 1. The van der Waals surface area contributed by atoms with Crippen molar-refractivity contribution in [2.75, 3.05) is 25.0 Å². The highest BCUT2D eigenvalue weighted by molar-refractivity contribution is 9.10. The molecule has 0 saturated heterocycles. The molecule has 0 aliphatic heterocycles. The van der Waals surface area contributed by atoms with Crippen molar-refractivity contribution in [3.05, 3.63) is 58.3 Å². The second-order valence-corrected chi connectivity index (χ2v) is 6.49. The smallest absolute Gasteiger partial charge is 0.324 e. The fourth-order valence-electron chi connectivity index (χ4n) is 2.41. The number of amides is 2. The van der Waals surface area contributed by atoms with E-state index < -0.39 is 0 Å². The largest absolute Gasteiger partial charge is 0.489 e. The molecule has 0 bridgehead atoms. The lowest BCUT2D eigenvalue weighted by atomic mass is 10.2. The maximum absolute atomic E-state index is 13.3. The molecule has 0 unspecified atom stereocenters. The van der Waals surface area contributed by atoms with E-state index in [0.29, 0.717) is 29.9 Å². The molecule has 0 aliphatic rings. The van der Waals surface area contributed by atoms with Gasteiger partial charge in [-0.05, 0) is 43.7 Å². The predicted octanol–water partition coefficient (Wildman–Crippen LogP) is 5.07. The lowest BCUT2D eigenvalue weighted by molar-refractivity contribution is 0.211. The third kappa shape index (κ3) is 5.19. The number of halogens is 2. The number of benzene rings is 2. The quantitative estimate of drug-likeness (QED) is 0.668. The third-order valence-corrected chi connectivity index (χ3v) is 4.34. The van der Waals surface area contributed by atoms with Gasteiger partial charge in [-0.3, -0.25) is 4.90 Å². The fourth-order valence-corrected chi connectivity index (χ4v) is 2.86. The highest BCUT2D eigenvalue weighted by atomic mass is 79.9. The molecule has 2 aromatic carbocycles. The van der Waals surface area contributed by atoms with Crippen LogP contribution < -0.4 is 9.64 Å². The Balaban J connectivity index is 2.00. The van der Waals surface area contributed by atoms with Crippen LogP contribution in [0.25, 0.3) is 0 Å². The molecule has 0 aliphatic carbocycles. The zero-order valence-corrected chi connectivity index (χ0v) is 16.2. The second kappa shape index (κ2) is 8.85. The number of carbonyl (C=O) groups is 1. The summed E-state index contributed by atoms with van der Waals surface area (Å²) in [5.41, 5.74) is 1.75. The van der Waals surface area contributed by atoms with Gasteiger partial charge in [0, 0.05) is 36.4 Å². The number of hydrogen-bond acceptors (Lipinski definition) is 2. The van der Waals surface area contributed by atoms with Crippen molar-refractivity contribution in [2.45, 2.75) is 20.5 Å². The van der Waals surface area contributed by atoms with E-state index in [1.165, 1.54) is 12.1 Å². The van der Waals surface area contributed by atoms with Crippen LogP contribution >= 0.6 is 15.9 Å². The summed E-state index contributed by atoms with van der Waals surface area (Å²) in [5, 5.41) is 0. The molecule has 134 valence electrons. The lowest BCUT2D eigenvalue weighted by Crippen LogP contribution is -2.41. The summed E-state index contributed by atoms with van der Waals surface area (Å²) in [5.74, 6) is 0.112. The first-order valence-corrected chi connectivity index (χ1v) is 8.94. The van der Waals surface area contributed by atoms with E-state index in [4.69, 9.17) is 4.74 Å². The van der Waals surface area contributed by atoms with Gasteiger partial charge in [-0.15, -0.1) is 0 Å². The van der Waals surface area contributed by atoms with Crippen LogP contribution in [0.1, 0.15) is 19.4 Å². The first kappa shape index (κ1) is 19.2. The second-order valence-electron chi connectivity index (χ2n) is 5.57. The molecule has 0 radical (unpaired) electrons. The Bertz CT molecular complexity index is 698. The van der Waals surface area contributed by atoms with Crippen LogP contribution in [0.4, 0.5) is 14.9 Å². The fraction of sp³-hybridized carbons (Fsp3) is 0.316. The maximum atomic E-state index is 13.3. The Morgan fingerprint density at radius 3 is 2.32 bits per heavy atom. The zero-order chi connectivity index (χ0) is 18.4. The number of hydrogen-bond donors (Lipinski definition) is 0. The summed E-state index contributed by atoms with van der Waals surface area (Å²) in [6.07, 6.45) is 0. The van der Waals surface area contributed by atoms with E-state index in [2.05, 4.69) is 15.9 Å². The summed E-state index contributed by atoms with van der Waals surface area (Å²) >= 11 is 3.24. The van der Waals surface area contributed by atoms with Crippen LogP contribution in [0.3, 0.4) is 0 Å². The molecule has 0 fully saturated rings. The minimum atomic E-state index is -0.351. The molecule has 0 saturated carbocycles.